The summed E-state index contributed by atoms with van der Waals surface area (Å²) in [6.45, 7) is 4.68. The molecule has 0 aromatic rings. The largest absolute Gasteiger partial charge is 0.480 e. The molecule has 1 aliphatic heterocycles. The number of aliphatic hydroxyl groups is 1. The Kier molecular flexibility index (Phi) is 6.63. The fourth-order valence-electron chi connectivity index (χ4n) is 1.00. The van der Waals surface area contributed by atoms with Gasteiger partial charge in [0.1, 0.15) is 18.2 Å². The molecule has 0 aromatic heterocycles. The number of ether oxygens (including phenoxy) is 1. The SMILES string of the molecule is CC(C)(C)OC(=O)NCC(=O)O.O=C1CC(O)C(=O)N1. The van der Waals surface area contributed by atoms with Crippen molar-refractivity contribution in [2.45, 2.75) is 38.9 Å². The van der Waals surface area contributed by atoms with E-state index in [1.165, 1.54) is 0 Å². The lowest BCUT2D eigenvalue weighted by Crippen LogP contribution is -2.35. The summed E-state index contributed by atoms with van der Waals surface area (Å²) < 4.78 is 4.77. The third-order valence-corrected chi connectivity index (χ3v) is 1.73. The number of aliphatic carboxylic acids is 1. The molecule has 0 saturated carbocycles. The van der Waals surface area contributed by atoms with Crippen LogP contribution in [0.3, 0.4) is 0 Å². The third kappa shape index (κ3) is 8.86. The lowest BCUT2D eigenvalue weighted by Gasteiger charge is -2.19. The predicted molar refractivity (Wildman–Crippen MR) is 65.6 cm³/mol. The van der Waals surface area contributed by atoms with Crippen LogP contribution in [0, 0.1) is 0 Å². The first-order valence-electron chi connectivity index (χ1n) is 5.71. The van der Waals surface area contributed by atoms with Crippen LogP contribution in [0.2, 0.25) is 0 Å². The number of alkyl carbamates (subject to hydrolysis) is 1. The first kappa shape index (κ1) is 17.8. The van der Waals surface area contributed by atoms with Gasteiger partial charge in [0.25, 0.3) is 5.91 Å². The maximum atomic E-state index is 10.8. The van der Waals surface area contributed by atoms with E-state index in [1.54, 1.807) is 20.8 Å². The number of amides is 3. The minimum atomic E-state index is -1.11. The topological polar surface area (TPSA) is 142 Å². The van der Waals surface area contributed by atoms with Crippen molar-refractivity contribution in [1.29, 1.82) is 0 Å². The van der Waals surface area contributed by atoms with E-state index >= 15 is 0 Å². The Morgan fingerprint density at radius 1 is 1.40 bits per heavy atom. The number of carbonyl (C=O) groups is 4. The first-order chi connectivity index (χ1) is 9.01. The molecular formula is C11H18N2O7. The highest BCUT2D eigenvalue weighted by Crippen LogP contribution is 2.05. The molecule has 0 aromatic carbocycles. The van der Waals surface area contributed by atoms with Crippen LogP contribution in [0.15, 0.2) is 0 Å². The maximum absolute atomic E-state index is 10.8. The number of imide groups is 1. The molecular weight excluding hydrogens is 272 g/mol. The van der Waals surface area contributed by atoms with Crippen LogP contribution in [-0.2, 0) is 19.1 Å². The summed E-state index contributed by atoms with van der Waals surface area (Å²) in [4.78, 5) is 41.1. The van der Waals surface area contributed by atoms with Crippen molar-refractivity contribution < 1.29 is 34.1 Å². The van der Waals surface area contributed by atoms with Gasteiger partial charge in [-0.1, -0.05) is 0 Å². The molecule has 3 amide bonds. The van der Waals surface area contributed by atoms with Crippen molar-refractivity contribution in [3.63, 3.8) is 0 Å². The number of carbonyl (C=O) groups excluding carboxylic acids is 3. The first-order valence-corrected chi connectivity index (χ1v) is 5.71. The Bertz CT molecular complexity index is 400. The molecule has 1 unspecified atom stereocenters. The average molecular weight is 290 g/mol. The number of hydrogen-bond acceptors (Lipinski definition) is 6. The van der Waals surface area contributed by atoms with Crippen molar-refractivity contribution in [3.05, 3.63) is 0 Å². The summed E-state index contributed by atoms with van der Waals surface area (Å²) in [5.41, 5.74) is -0.595. The molecule has 9 heteroatoms. The lowest BCUT2D eigenvalue weighted by atomic mass is 10.2. The second-order valence-corrected chi connectivity index (χ2v) is 4.88. The van der Waals surface area contributed by atoms with Crippen molar-refractivity contribution in [2.24, 2.45) is 0 Å². The van der Waals surface area contributed by atoms with Gasteiger partial charge >= 0.3 is 12.1 Å². The van der Waals surface area contributed by atoms with E-state index < -0.39 is 42.1 Å². The van der Waals surface area contributed by atoms with E-state index in [0.29, 0.717) is 0 Å². The lowest BCUT2D eigenvalue weighted by molar-refractivity contribution is -0.136. The van der Waals surface area contributed by atoms with E-state index in [2.05, 4.69) is 5.32 Å². The zero-order valence-electron chi connectivity index (χ0n) is 11.4. The normalized spacial score (nSPS) is 17.7. The van der Waals surface area contributed by atoms with E-state index in [4.69, 9.17) is 14.9 Å². The molecule has 1 aliphatic rings. The van der Waals surface area contributed by atoms with Crippen molar-refractivity contribution in [1.82, 2.24) is 10.6 Å². The number of aliphatic hydroxyl groups excluding tert-OH is 1. The number of carboxylic acids is 1. The Morgan fingerprint density at radius 3 is 2.20 bits per heavy atom. The quantitative estimate of drug-likeness (QED) is 0.477. The highest BCUT2D eigenvalue weighted by Gasteiger charge is 2.27. The molecule has 0 aliphatic carbocycles. The summed E-state index contributed by atoms with van der Waals surface area (Å²) in [5.74, 6) is -2.08. The van der Waals surface area contributed by atoms with Crippen LogP contribution >= 0.6 is 0 Å². The predicted octanol–water partition coefficient (Wildman–Crippen LogP) is -1.01. The summed E-state index contributed by atoms with van der Waals surface area (Å²) in [5, 5.41) is 20.7. The van der Waals surface area contributed by atoms with Gasteiger partial charge in [-0.2, -0.15) is 0 Å². The van der Waals surface area contributed by atoms with Gasteiger partial charge < -0.3 is 20.3 Å². The molecule has 1 atom stereocenters. The standard InChI is InChI=1S/C7H13NO4.C4H5NO3/c1-7(2,3)12-6(11)8-4-5(9)10;6-2-1-3(7)5-4(2)8/h4H2,1-3H3,(H,8,11)(H,9,10);2,6H,1H2,(H,5,7,8). The van der Waals surface area contributed by atoms with Crippen LogP contribution in [0.25, 0.3) is 0 Å². The highest BCUT2D eigenvalue weighted by molar-refractivity contribution is 6.04. The Labute approximate surface area is 115 Å². The van der Waals surface area contributed by atoms with Gasteiger partial charge in [0.15, 0.2) is 0 Å². The Balaban J connectivity index is 0.000000388. The van der Waals surface area contributed by atoms with Crippen LogP contribution < -0.4 is 10.6 Å². The third-order valence-electron chi connectivity index (χ3n) is 1.73. The summed E-state index contributed by atoms with van der Waals surface area (Å²) in [7, 11) is 0. The molecule has 9 nitrogen and oxygen atoms in total. The molecule has 1 rings (SSSR count). The van der Waals surface area contributed by atoms with E-state index in [9.17, 15) is 19.2 Å². The molecule has 0 radical (unpaired) electrons. The van der Waals surface area contributed by atoms with Gasteiger partial charge in [-0.3, -0.25) is 19.7 Å². The number of rotatable bonds is 2. The molecule has 114 valence electrons. The summed E-state index contributed by atoms with van der Waals surface area (Å²) in [6.07, 6.45) is -1.91. The Morgan fingerprint density at radius 2 is 1.95 bits per heavy atom. The van der Waals surface area contributed by atoms with E-state index in [1.807, 2.05) is 5.32 Å². The summed E-state index contributed by atoms with van der Waals surface area (Å²) >= 11 is 0. The zero-order valence-corrected chi connectivity index (χ0v) is 11.4. The zero-order chi connectivity index (χ0) is 15.9. The fraction of sp³-hybridized carbons (Fsp3) is 0.636. The highest BCUT2D eigenvalue weighted by atomic mass is 16.6. The van der Waals surface area contributed by atoms with Gasteiger partial charge in [0.2, 0.25) is 5.91 Å². The van der Waals surface area contributed by atoms with Gasteiger partial charge in [-0.15, -0.1) is 0 Å². The smallest absolute Gasteiger partial charge is 0.408 e. The van der Waals surface area contributed by atoms with Crippen LogP contribution in [0.4, 0.5) is 4.79 Å². The minimum Gasteiger partial charge on any atom is -0.480 e. The van der Waals surface area contributed by atoms with E-state index in [-0.39, 0.29) is 6.42 Å². The van der Waals surface area contributed by atoms with Gasteiger partial charge in [-0.05, 0) is 20.8 Å². The van der Waals surface area contributed by atoms with Crippen LogP contribution in [-0.4, -0.2) is 52.3 Å². The molecule has 4 N–H and O–H groups in total. The molecule has 1 heterocycles. The minimum absolute atomic E-state index is 0.0845. The molecule has 1 fully saturated rings. The maximum Gasteiger partial charge on any atom is 0.408 e. The molecule has 1 saturated heterocycles. The van der Waals surface area contributed by atoms with Crippen LogP contribution in [0.1, 0.15) is 27.2 Å². The number of carboxylic acid groups (broad SMARTS) is 1. The van der Waals surface area contributed by atoms with E-state index in [0.717, 1.165) is 0 Å². The number of hydrogen-bond donors (Lipinski definition) is 4. The second-order valence-electron chi connectivity index (χ2n) is 4.88. The number of nitrogens with one attached hydrogen (secondary N) is 2. The summed E-state index contributed by atoms with van der Waals surface area (Å²) in [6, 6.07) is 0. The van der Waals surface area contributed by atoms with Gasteiger partial charge in [0.05, 0.1) is 6.42 Å². The fourth-order valence-corrected chi connectivity index (χ4v) is 1.00. The van der Waals surface area contributed by atoms with Crippen molar-refractivity contribution >= 4 is 23.9 Å². The van der Waals surface area contributed by atoms with Crippen molar-refractivity contribution in [3.8, 4) is 0 Å². The molecule has 0 spiro atoms. The average Bonchev–Trinajstić information content (AvgIpc) is 2.52. The monoisotopic (exact) mass is 290 g/mol. The van der Waals surface area contributed by atoms with Crippen LogP contribution in [0.5, 0.6) is 0 Å². The van der Waals surface area contributed by atoms with Crippen molar-refractivity contribution in [2.75, 3.05) is 6.54 Å². The molecule has 20 heavy (non-hydrogen) atoms. The van der Waals surface area contributed by atoms with Gasteiger partial charge in [0, 0.05) is 0 Å². The Hall–Kier alpha value is -2.16. The molecule has 0 bridgehead atoms. The van der Waals surface area contributed by atoms with Gasteiger partial charge in [-0.25, -0.2) is 4.79 Å². The second kappa shape index (κ2) is 7.43.